The number of nitrogens with one attached hydrogen (secondary N) is 1. The lowest BCUT2D eigenvalue weighted by Gasteiger charge is -2.28. The highest BCUT2D eigenvalue weighted by atomic mass is 19.1. The maximum absolute atomic E-state index is 13.8. The summed E-state index contributed by atoms with van der Waals surface area (Å²) in [6.45, 7) is 5.66. The van der Waals surface area contributed by atoms with Crippen molar-refractivity contribution in [2.24, 2.45) is 0 Å². The molecule has 0 bridgehead atoms. The van der Waals surface area contributed by atoms with Crippen molar-refractivity contribution < 1.29 is 14.0 Å². The number of halogens is 1. The standard InChI is InChI=1S/C24H29FN2O2/c1-3-27(4-2)22(28)19-12-10-18(11-13-19)17-26-23(29)24(14-5-6-15-24)20-8-7-9-21(25)16-20/h7-13,16H,3-6,14-15,17H2,1-2H3,(H,26,29). The molecular weight excluding hydrogens is 367 g/mol. The molecule has 0 heterocycles. The fourth-order valence-electron chi connectivity index (χ4n) is 4.22. The molecule has 0 saturated heterocycles. The van der Waals surface area contributed by atoms with Crippen LogP contribution in [0.5, 0.6) is 0 Å². The fourth-order valence-corrected chi connectivity index (χ4v) is 4.22. The molecule has 5 heteroatoms. The lowest BCUT2D eigenvalue weighted by Crippen LogP contribution is -2.42. The Hall–Kier alpha value is -2.69. The number of amides is 2. The van der Waals surface area contributed by atoms with Gasteiger partial charge in [-0.3, -0.25) is 9.59 Å². The molecule has 0 atom stereocenters. The number of nitrogens with zero attached hydrogens (tertiary/aromatic N) is 1. The lowest BCUT2D eigenvalue weighted by molar-refractivity contribution is -0.126. The van der Waals surface area contributed by atoms with Crippen molar-refractivity contribution in [3.63, 3.8) is 0 Å². The SMILES string of the molecule is CCN(CC)C(=O)c1ccc(CNC(=O)C2(c3cccc(F)c3)CCCC2)cc1. The lowest BCUT2D eigenvalue weighted by atomic mass is 9.78. The third-order valence-corrected chi connectivity index (χ3v) is 5.97. The van der Waals surface area contributed by atoms with Gasteiger partial charge in [-0.05, 0) is 62.1 Å². The Balaban J connectivity index is 1.69. The van der Waals surface area contributed by atoms with E-state index < -0.39 is 5.41 Å². The van der Waals surface area contributed by atoms with Gasteiger partial charge in [-0.2, -0.15) is 0 Å². The average molecular weight is 397 g/mol. The van der Waals surface area contributed by atoms with E-state index in [0.29, 0.717) is 25.2 Å². The van der Waals surface area contributed by atoms with Gasteiger partial charge in [0.15, 0.2) is 0 Å². The summed E-state index contributed by atoms with van der Waals surface area (Å²) in [6, 6.07) is 13.8. The smallest absolute Gasteiger partial charge is 0.253 e. The summed E-state index contributed by atoms with van der Waals surface area (Å²) in [6.07, 6.45) is 3.40. The minimum atomic E-state index is -0.652. The van der Waals surface area contributed by atoms with Crippen LogP contribution in [-0.2, 0) is 16.8 Å². The number of hydrogen-bond donors (Lipinski definition) is 1. The number of rotatable bonds is 7. The molecule has 3 rings (SSSR count). The van der Waals surface area contributed by atoms with Gasteiger partial charge in [-0.25, -0.2) is 4.39 Å². The van der Waals surface area contributed by atoms with Crippen molar-refractivity contribution in [3.8, 4) is 0 Å². The van der Waals surface area contributed by atoms with Crippen LogP contribution in [0.1, 0.15) is 61.0 Å². The second-order valence-electron chi connectivity index (χ2n) is 7.66. The average Bonchev–Trinajstić information content (AvgIpc) is 3.24. The number of carbonyl (C=O) groups excluding carboxylic acids is 2. The molecule has 2 amide bonds. The van der Waals surface area contributed by atoms with Crippen LogP contribution in [0.4, 0.5) is 4.39 Å². The zero-order valence-electron chi connectivity index (χ0n) is 17.2. The summed E-state index contributed by atoms with van der Waals surface area (Å²) in [5.41, 5.74) is 1.69. The molecule has 1 saturated carbocycles. The van der Waals surface area contributed by atoms with Gasteiger partial charge >= 0.3 is 0 Å². The Labute approximate surface area is 172 Å². The molecule has 0 aromatic heterocycles. The van der Waals surface area contributed by atoms with E-state index >= 15 is 0 Å². The summed E-state index contributed by atoms with van der Waals surface area (Å²) in [5.74, 6) is -0.347. The minimum Gasteiger partial charge on any atom is -0.351 e. The molecule has 0 unspecified atom stereocenters. The zero-order valence-corrected chi connectivity index (χ0v) is 17.2. The molecule has 1 fully saturated rings. The first-order valence-electron chi connectivity index (χ1n) is 10.4. The molecule has 2 aromatic rings. The van der Waals surface area contributed by atoms with Crippen LogP contribution in [0.15, 0.2) is 48.5 Å². The van der Waals surface area contributed by atoms with Crippen molar-refractivity contribution in [3.05, 3.63) is 71.0 Å². The monoisotopic (exact) mass is 396 g/mol. The van der Waals surface area contributed by atoms with Crippen molar-refractivity contribution in [1.29, 1.82) is 0 Å². The van der Waals surface area contributed by atoms with Gasteiger partial charge in [0.1, 0.15) is 5.82 Å². The number of hydrogen-bond acceptors (Lipinski definition) is 2. The fraction of sp³-hybridized carbons (Fsp3) is 0.417. The third-order valence-electron chi connectivity index (χ3n) is 5.97. The molecule has 0 radical (unpaired) electrons. The minimum absolute atomic E-state index is 0.0154. The van der Waals surface area contributed by atoms with Crippen molar-refractivity contribution in [2.75, 3.05) is 13.1 Å². The Morgan fingerprint density at radius 3 is 2.28 bits per heavy atom. The van der Waals surface area contributed by atoms with Gasteiger partial charge in [0.2, 0.25) is 5.91 Å². The highest BCUT2D eigenvalue weighted by Crippen LogP contribution is 2.41. The van der Waals surface area contributed by atoms with E-state index in [9.17, 15) is 14.0 Å². The van der Waals surface area contributed by atoms with Gasteiger partial charge in [-0.1, -0.05) is 37.1 Å². The zero-order chi connectivity index (χ0) is 20.9. The van der Waals surface area contributed by atoms with Crippen LogP contribution in [0.25, 0.3) is 0 Å². The van der Waals surface area contributed by atoms with Gasteiger partial charge < -0.3 is 10.2 Å². The molecule has 1 N–H and O–H groups in total. The van der Waals surface area contributed by atoms with E-state index in [2.05, 4.69) is 5.32 Å². The van der Waals surface area contributed by atoms with E-state index in [4.69, 9.17) is 0 Å². The molecule has 0 spiro atoms. The van der Waals surface area contributed by atoms with E-state index in [-0.39, 0.29) is 17.6 Å². The van der Waals surface area contributed by atoms with Crippen LogP contribution in [0.3, 0.4) is 0 Å². The quantitative estimate of drug-likeness (QED) is 0.752. The summed E-state index contributed by atoms with van der Waals surface area (Å²) in [4.78, 5) is 27.3. The van der Waals surface area contributed by atoms with Crippen LogP contribution in [0, 0.1) is 5.82 Å². The van der Waals surface area contributed by atoms with E-state index in [0.717, 1.165) is 36.8 Å². The third kappa shape index (κ3) is 4.50. The van der Waals surface area contributed by atoms with Crippen molar-refractivity contribution >= 4 is 11.8 Å². The van der Waals surface area contributed by atoms with Crippen LogP contribution in [0.2, 0.25) is 0 Å². The highest BCUT2D eigenvalue weighted by molar-refractivity contribution is 5.94. The van der Waals surface area contributed by atoms with E-state index in [1.807, 2.05) is 32.0 Å². The Kier molecular flexibility index (Phi) is 6.68. The summed E-state index contributed by atoms with van der Waals surface area (Å²) in [7, 11) is 0. The van der Waals surface area contributed by atoms with Crippen molar-refractivity contribution in [1.82, 2.24) is 10.2 Å². The van der Waals surface area contributed by atoms with E-state index in [1.54, 1.807) is 23.1 Å². The normalized spacial score (nSPS) is 15.1. The first-order valence-corrected chi connectivity index (χ1v) is 10.4. The highest BCUT2D eigenvalue weighted by Gasteiger charge is 2.42. The van der Waals surface area contributed by atoms with Gasteiger partial charge in [0, 0.05) is 25.2 Å². The maximum Gasteiger partial charge on any atom is 0.253 e. The molecule has 1 aliphatic carbocycles. The molecule has 154 valence electrons. The first kappa shape index (κ1) is 21.0. The van der Waals surface area contributed by atoms with Crippen LogP contribution < -0.4 is 5.32 Å². The molecule has 1 aliphatic rings. The summed E-state index contributed by atoms with van der Waals surface area (Å²) in [5, 5.41) is 3.04. The van der Waals surface area contributed by atoms with Crippen LogP contribution >= 0.6 is 0 Å². The summed E-state index contributed by atoms with van der Waals surface area (Å²) < 4.78 is 13.8. The van der Waals surface area contributed by atoms with Crippen molar-refractivity contribution in [2.45, 2.75) is 51.5 Å². The van der Waals surface area contributed by atoms with Crippen LogP contribution in [-0.4, -0.2) is 29.8 Å². The Bertz CT molecular complexity index is 853. The van der Waals surface area contributed by atoms with E-state index in [1.165, 1.54) is 12.1 Å². The molecule has 0 aliphatic heterocycles. The second kappa shape index (κ2) is 9.21. The molecule has 29 heavy (non-hydrogen) atoms. The Morgan fingerprint density at radius 2 is 1.69 bits per heavy atom. The predicted molar refractivity (Wildman–Crippen MR) is 112 cm³/mol. The summed E-state index contributed by atoms with van der Waals surface area (Å²) >= 11 is 0. The number of benzene rings is 2. The predicted octanol–water partition coefficient (Wildman–Crippen LogP) is 4.44. The largest absolute Gasteiger partial charge is 0.351 e. The first-order chi connectivity index (χ1) is 14.0. The topological polar surface area (TPSA) is 49.4 Å². The van der Waals surface area contributed by atoms with Gasteiger partial charge in [0.25, 0.3) is 5.91 Å². The number of carbonyl (C=O) groups is 2. The van der Waals surface area contributed by atoms with Gasteiger partial charge in [-0.15, -0.1) is 0 Å². The molecule has 2 aromatic carbocycles. The Morgan fingerprint density at radius 1 is 1.03 bits per heavy atom. The molecule has 4 nitrogen and oxygen atoms in total. The van der Waals surface area contributed by atoms with Gasteiger partial charge in [0.05, 0.1) is 5.41 Å². The second-order valence-corrected chi connectivity index (χ2v) is 7.66. The molecular formula is C24H29FN2O2. The maximum atomic E-state index is 13.8.